The molecule has 2 rings (SSSR count). The smallest absolute Gasteiger partial charge is 0.262 e. The molecule has 0 aliphatic rings. The van der Waals surface area contributed by atoms with E-state index in [1.54, 1.807) is 25.3 Å². The summed E-state index contributed by atoms with van der Waals surface area (Å²) in [5, 5.41) is 2.82. The zero-order chi connectivity index (χ0) is 18.4. The number of methoxy groups -OCH3 is 2. The number of rotatable bonds is 6. The number of ether oxygens (including phenoxy) is 3. The lowest BCUT2D eigenvalue weighted by Crippen LogP contribution is -2.20. The lowest BCUT2D eigenvalue weighted by Gasteiger charge is -2.19. The molecule has 5 nitrogen and oxygen atoms in total. The van der Waals surface area contributed by atoms with E-state index in [0.29, 0.717) is 17.2 Å². The third-order valence-corrected chi connectivity index (χ3v) is 3.76. The van der Waals surface area contributed by atoms with Gasteiger partial charge in [-0.15, -0.1) is 0 Å². The number of benzene rings is 2. The third kappa shape index (κ3) is 4.89. The number of nitrogens with one attached hydrogen (secondary N) is 1. The van der Waals surface area contributed by atoms with Crippen LogP contribution in [0.2, 0.25) is 0 Å². The van der Waals surface area contributed by atoms with Crippen LogP contribution in [-0.2, 0) is 10.2 Å². The van der Waals surface area contributed by atoms with E-state index in [-0.39, 0.29) is 17.9 Å². The van der Waals surface area contributed by atoms with Gasteiger partial charge in [0.1, 0.15) is 0 Å². The molecule has 25 heavy (non-hydrogen) atoms. The van der Waals surface area contributed by atoms with Crippen LogP contribution in [-0.4, -0.2) is 26.7 Å². The van der Waals surface area contributed by atoms with E-state index < -0.39 is 0 Å². The quantitative estimate of drug-likeness (QED) is 0.861. The van der Waals surface area contributed by atoms with E-state index in [1.165, 1.54) is 12.7 Å². The van der Waals surface area contributed by atoms with Gasteiger partial charge in [-0.3, -0.25) is 4.79 Å². The Morgan fingerprint density at radius 2 is 1.60 bits per heavy atom. The average Bonchev–Trinajstić information content (AvgIpc) is 2.59. The molecule has 1 amide bonds. The minimum Gasteiger partial charge on any atom is -0.493 e. The van der Waals surface area contributed by atoms with E-state index in [0.717, 1.165) is 5.69 Å². The Balaban J connectivity index is 1.97. The molecular weight excluding hydrogens is 318 g/mol. The van der Waals surface area contributed by atoms with Crippen LogP contribution in [0.25, 0.3) is 0 Å². The molecule has 0 radical (unpaired) electrons. The van der Waals surface area contributed by atoms with Gasteiger partial charge in [0.05, 0.1) is 14.2 Å². The first-order valence-electron chi connectivity index (χ1n) is 8.09. The van der Waals surface area contributed by atoms with Crippen molar-refractivity contribution in [2.45, 2.75) is 26.2 Å². The highest BCUT2D eigenvalue weighted by atomic mass is 16.5. The summed E-state index contributed by atoms with van der Waals surface area (Å²) in [6.07, 6.45) is 0. The van der Waals surface area contributed by atoms with E-state index in [2.05, 4.69) is 26.1 Å². The van der Waals surface area contributed by atoms with Gasteiger partial charge in [0, 0.05) is 5.69 Å². The molecule has 0 aromatic heterocycles. The van der Waals surface area contributed by atoms with E-state index in [1.807, 2.05) is 24.3 Å². The van der Waals surface area contributed by atoms with Crippen molar-refractivity contribution in [1.29, 1.82) is 0 Å². The highest BCUT2D eigenvalue weighted by Crippen LogP contribution is 2.36. The largest absolute Gasteiger partial charge is 0.493 e. The molecule has 5 heteroatoms. The summed E-state index contributed by atoms with van der Waals surface area (Å²) in [4.78, 5) is 12.1. The number of amides is 1. The number of anilines is 1. The maximum absolute atomic E-state index is 12.1. The van der Waals surface area contributed by atoms with Crippen molar-refractivity contribution in [2.24, 2.45) is 0 Å². The fraction of sp³-hybridized carbons (Fsp3) is 0.350. The second-order valence-corrected chi connectivity index (χ2v) is 6.66. The highest BCUT2D eigenvalue weighted by Gasteiger charge is 2.14. The first-order valence-corrected chi connectivity index (χ1v) is 8.09. The molecule has 2 aromatic rings. The van der Waals surface area contributed by atoms with Crippen molar-refractivity contribution in [3.05, 3.63) is 48.0 Å². The van der Waals surface area contributed by atoms with Crippen molar-refractivity contribution >= 4 is 11.6 Å². The summed E-state index contributed by atoms with van der Waals surface area (Å²) in [6.45, 7) is 6.33. The Hall–Kier alpha value is -2.69. The van der Waals surface area contributed by atoms with Crippen LogP contribution in [0, 0.1) is 0 Å². The Kier molecular flexibility index (Phi) is 5.91. The minimum atomic E-state index is -0.242. The molecule has 0 saturated carbocycles. The Labute approximate surface area is 148 Å². The molecule has 134 valence electrons. The van der Waals surface area contributed by atoms with Crippen molar-refractivity contribution in [2.75, 3.05) is 26.1 Å². The van der Waals surface area contributed by atoms with Gasteiger partial charge in [-0.05, 0) is 35.2 Å². The summed E-state index contributed by atoms with van der Waals surface area (Å²) < 4.78 is 16.1. The lowest BCUT2D eigenvalue weighted by molar-refractivity contribution is -0.118. The van der Waals surface area contributed by atoms with Gasteiger partial charge in [0.2, 0.25) is 5.75 Å². The number of carbonyl (C=O) groups is 1. The number of hydrogen-bond acceptors (Lipinski definition) is 4. The van der Waals surface area contributed by atoms with E-state index >= 15 is 0 Å². The maximum Gasteiger partial charge on any atom is 0.262 e. The second-order valence-electron chi connectivity index (χ2n) is 6.66. The van der Waals surface area contributed by atoms with Gasteiger partial charge in [0.25, 0.3) is 5.91 Å². The van der Waals surface area contributed by atoms with Crippen molar-refractivity contribution in [3.63, 3.8) is 0 Å². The Bertz CT molecular complexity index is 717. The van der Waals surface area contributed by atoms with Gasteiger partial charge in [-0.2, -0.15) is 0 Å². The summed E-state index contributed by atoms with van der Waals surface area (Å²) >= 11 is 0. The molecule has 1 N–H and O–H groups in total. The van der Waals surface area contributed by atoms with Gasteiger partial charge in [-0.1, -0.05) is 39.0 Å². The predicted molar refractivity (Wildman–Crippen MR) is 98.8 cm³/mol. The summed E-state index contributed by atoms with van der Waals surface area (Å²) in [5.74, 6) is 1.24. The molecule has 0 spiro atoms. The van der Waals surface area contributed by atoms with Crippen LogP contribution in [0.15, 0.2) is 42.5 Å². The van der Waals surface area contributed by atoms with E-state index in [9.17, 15) is 4.79 Å². The predicted octanol–water partition coefficient (Wildman–Crippen LogP) is 4.02. The topological polar surface area (TPSA) is 56.8 Å². The normalized spacial score (nSPS) is 10.9. The van der Waals surface area contributed by atoms with Gasteiger partial charge in [-0.25, -0.2) is 0 Å². The monoisotopic (exact) mass is 343 g/mol. The van der Waals surface area contributed by atoms with E-state index in [4.69, 9.17) is 14.2 Å². The molecular formula is C20H25NO4. The molecule has 0 atom stereocenters. The van der Waals surface area contributed by atoms with Crippen LogP contribution in [0.5, 0.6) is 17.2 Å². The van der Waals surface area contributed by atoms with Gasteiger partial charge in [0.15, 0.2) is 18.1 Å². The standard InChI is InChI=1S/C20H25NO4/c1-20(2,3)14-9-11-15(12-10-14)21-18(22)13-25-17-8-6-7-16(23-4)19(17)24-5/h6-12H,13H2,1-5H3,(H,21,22). The first-order chi connectivity index (χ1) is 11.8. The van der Waals surface area contributed by atoms with Gasteiger partial charge < -0.3 is 19.5 Å². The maximum atomic E-state index is 12.1. The van der Waals surface area contributed by atoms with Crippen LogP contribution in [0.1, 0.15) is 26.3 Å². The molecule has 2 aromatic carbocycles. The second kappa shape index (κ2) is 7.92. The average molecular weight is 343 g/mol. The SMILES string of the molecule is COc1cccc(OCC(=O)Nc2ccc(C(C)(C)C)cc2)c1OC. The van der Waals surface area contributed by atoms with Crippen molar-refractivity contribution in [1.82, 2.24) is 0 Å². The zero-order valence-corrected chi connectivity index (χ0v) is 15.4. The summed E-state index contributed by atoms with van der Waals surface area (Å²) in [7, 11) is 3.08. The molecule has 0 heterocycles. The summed E-state index contributed by atoms with van der Waals surface area (Å²) in [5.41, 5.74) is 2.02. The van der Waals surface area contributed by atoms with Crippen LogP contribution >= 0.6 is 0 Å². The fourth-order valence-electron chi connectivity index (χ4n) is 2.37. The Morgan fingerprint density at radius 3 is 2.16 bits per heavy atom. The fourth-order valence-corrected chi connectivity index (χ4v) is 2.37. The molecule has 0 unspecified atom stereocenters. The lowest BCUT2D eigenvalue weighted by atomic mass is 9.87. The van der Waals surface area contributed by atoms with Crippen LogP contribution in [0.4, 0.5) is 5.69 Å². The Morgan fingerprint density at radius 1 is 0.960 bits per heavy atom. The molecule has 0 bridgehead atoms. The number of carbonyl (C=O) groups excluding carboxylic acids is 1. The molecule has 0 aliphatic heterocycles. The van der Waals surface area contributed by atoms with Gasteiger partial charge >= 0.3 is 0 Å². The summed E-state index contributed by atoms with van der Waals surface area (Å²) in [6, 6.07) is 13.1. The van der Waals surface area contributed by atoms with Crippen molar-refractivity contribution in [3.8, 4) is 17.2 Å². The first kappa shape index (κ1) is 18.6. The molecule has 0 saturated heterocycles. The molecule has 0 aliphatic carbocycles. The van der Waals surface area contributed by atoms with Crippen LogP contribution < -0.4 is 19.5 Å². The highest BCUT2D eigenvalue weighted by molar-refractivity contribution is 5.91. The third-order valence-electron chi connectivity index (χ3n) is 3.76. The number of hydrogen-bond donors (Lipinski definition) is 1. The number of para-hydroxylation sites is 1. The van der Waals surface area contributed by atoms with Crippen LogP contribution in [0.3, 0.4) is 0 Å². The van der Waals surface area contributed by atoms with Crippen molar-refractivity contribution < 1.29 is 19.0 Å². The molecule has 0 fully saturated rings. The minimum absolute atomic E-state index is 0.0779. The zero-order valence-electron chi connectivity index (χ0n) is 15.4.